The van der Waals surface area contributed by atoms with Gasteiger partial charge < -0.3 is 24.0 Å². The van der Waals surface area contributed by atoms with Crippen molar-refractivity contribution in [3.63, 3.8) is 0 Å². The summed E-state index contributed by atoms with van der Waals surface area (Å²) < 4.78 is 16.4. The predicted molar refractivity (Wildman–Crippen MR) is 110 cm³/mol. The highest BCUT2D eigenvalue weighted by molar-refractivity contribution is 5.47. The van der Waals surface area contributed by atoms with E-state index in [1.807, 2.05) is 13.0 Å². The molecular formula is C21H27N5O3. The smallest absolute Gasteiger partial charge is 0.231 e. The summed E-state index contributed by atoms with van der Waals surface area (Å²) in [4.78, 5) is 16.6. The second-order valence-corrected chi connectivity index (χ2v) is 7.72. The highest BCUT2D eigenvalue weighted by Crippen LogP contribution is 2.33. The van der Waals surface area contributed by atoms with Crippen LogP contribution in [0.25, 0.3) is 0 Å². The summed E-state index contributed by atoms with van der Waals surface area (Å²) in [5.74, 6) is 3.55. The Kier molecular flexibility index (Phi) is 5.12. The Morgan fingerprint density at radius 3 is 2.48 bits per heavy atom. The van der Waals surface area contributed by atoms with Gasteiger partial charge in [-0.1, -0.05) is 6.07 Å². The number of piperazine rings is 1. The molecule has 0 aliphatic carbocycles. The molecule has 4 heterocycles. The summed E-state index contributed by atoms with van der Waals surface area (Å²) in [5.41, 5.74) is 2.27. The molecule has 5 rings (SSSR count). The standard InChI is InChI=1S/C21H27N5O3/c1-16-12-20(23-21(22-16)26-8-10-27-11-9-26)25-6-4-24(5-7-25)14-17-2-3-18-19(13-17)29-15-28-18/h2-3,12-13H,4-11,14-15H2,1H3. The van der Waals surface area contributed by atoms with Crippen molar-refractivity contribution >= 4 is 11.8 Å². The number of aromatic nitrogens is 2. The number of morpholine rings is 1. The molecule has 8 nitrogen and oxygen atoms in total. The van der Waals surface area contributed by atoms with Crippen LogP contribution in [0.3, 0.4) is 0 Å². The Labute approximate surface area is 171 Å². The first-order valence-electron chi connectivity index (χ1n) is 10.3. The van der Waals surface area contributed by atoms with Crippen LogP contribution >= 0.6 is 0 Å². The average molecular weight is 397 g/mol. The van der Waals surface area contributed by atoms with Gasteiger partial charge in [0.15, 0.2) is 11.5 Å². The summed E-state index contributed by atoms with van der Waals surface area (Å²) in [5, 5.41) is 0. The number of fused-ring (bicyclic) bond motifs is 1. The summed E-state index contributed by atoms with van der Waals surface area (Å²) in [6.07, 6.45) is 0. The van der Waals surface area contributed by atoms with Gasteiger partial charge in [0, 0.05) is 57.6 Å². The van der Waals surface area contributed by atoms with E-state index in [0.29, 0.717) is 6.79 Å². The molecule has 3 aliphatic rings. The van der Waals surface area contributed by atoms with Crippen molar-refractivity contribution < 1.29 is 14.2 Å². The number of nitrogens with zero attached hydrogens (tertiary/aromatic N) is 5. The molecule has 0 radical (unpaired) electrons. The van der Waals surface area contributed by atoms with Crippen molar-refractivity contribution in [2.45, 2.75) is 13.5 Å². The van der Waals surface area contributed by atoms with Crippen molar-refractivity contribution in [1.82, 2.24) is 14.9 Å². The summed E-state index contributed by atoms with van der Waals surface area (Å²) in [7, 11) is 0. The number of anilines is 2. The highest BCUT2D eigenvalue weighted by Gasteiger charge is 2.22. The largest absolute Gasteiger partial charge is 0.454 e. The second-order valence-electron chi connectivity index (χ2n) is 7.72. The number of hydrogen-bond acceptors (Lipinski definition) is 8. The first-order valence-corrected chi connectivity index (χ1v) is 10.3. The zero-order valence-electron chi connectivity index (χ0n) is 16.8. The molecule has 2 fully saturated rings. The molecule has 8 heteroatoms. The number of ether oxygens (including phenoxy) is 3. The Balaban J connectivity index is 1.22. The Hall–Kier alpha value is -2.58. The van der Waals surface area contributed by atoms with E-state index >= 15 is 0 Å². The van der Waals surface area contributed by atoms with Crippen LogP contribution in [0.4, 0.5) is 11.8 Å². The minimum Gasteiger partial charge on any atom is -0.454 e. The minimum atomic E-state index is 0.322. The van der Waals surface area contributed by atoms with E-state index in [-0.39, 0.29) is 0 Å². The van der Waals surface area contributed by atoms with E-state index in [2.05, 4.69) is 37.9 Å². The fourth-order valence-electron chi connectivity index (χ4n) is 4.04. The molecule has 1 aromatic heterocycles. The molecule has 0 saturated carbocycles. The first-order chi connectivity index (χ1) is 14.2. The molecule has 3 aliphatic heterocycles. The lowest BCUT2D eigenvalue weighted by Crippen LogP contribution is -2.46. The number of hydrogen-bond donors (Lipinski definition) is 0. The van der Waals surface area contributed by atoms with Crippen LogP contribution in [-0.4, -0.2) is 74.1 Å². The van der Waals surface area contributed by atoms with Crippen molar-refractivity contribution in [1.29, 1.82) is 0 Å². The molecule has 29 heavy (non-hydrogen) atoms. The molecule has 0 amide bonds. The quantitative estimate of drug-likeness (QED) is 0.772. The summed E-state index contributed by atoms with van der Waals surface area (Å²) >= 11 is 0. The van der Waals surface area contributed by atoms with Gasteiger partial charge in [0.05, 0.1) is 13.2 Å². The van der Waals surface area contributed by atoms with Gasteiger partial charge in [-0.05, 0) is 24.6 Å². The van der Waals surface area contributed by atoms with Crippen LogP contribution in [0.1, 0.15) is 11.3 Å². The van der Waals surface area contributed by atoms with E-state index in [0.717, 1.165) is 88.0 Å². The Morgan fingerprint density at radius 2 is 1.66 bits per heavy atom. The maximum atomic E-state index is 5.50. The second kappa shape index (κ2) is 8.04. The fourth-order valence-corrected chi connectivity index (χ4v) is 4.04. The van der Waals surface area contributed by atoms with E-state index in [1.54, 1.807) is 0 Å². The van der Waals surface area contributed by atoms with Gasteiger partial charge in [0.25, 0.3) is 0 Å². The number of benzene rings is 1. The topological polar surface area (TPSA) is 63.2 Å². The van der Waals surface area contributed by atoms with Crippen LogP contribution in [0.2, 0.25) is 0 Å². The van der Waals surface area contributed by atoms with Crippen molar-refractivity contribution in [3.8, 4) is 11.5 Å². The van der Waals surface area contributed by atoms with Gasteiger partial charge in [-0.3, -0.25) is 4.90 Å². The van der Waals surface area contributed by atoms with Crippen LogP contribution in [0, 0.1) is 6.92 Å². The molecule has 2 saturated heterocycles. The number of rotatable bonds is 4. The molecule has 154 valence electrons. The van der Waals surface area contributed by atoms with Gasteiger partial charge >= 0.3 is 0 Å². The van der Waals surface area contributed by atoms with Crippen molar-refractivity contribution in [2.24, 2.45) is 0 Å². The third-order valence-corrected chi connectivity index (χ3v) is 5.66. The lowest BCUT2D eigenvalue weighted by atomic mass is 10.1. The zero-order chi connectivity index (χ0) is 19.6. The van der Waals surface area contributed by atoms with Crippen molar-refractivity contribution in [2.75, 3.05) is 69.1 Å². The van der Waals surface area contributed by atoms with Crippen molar-refractivity contribution in [3.05, 3.63) is 35.5 Å². The molecule has 0 spiro atoms. The van der Waals surface area contributed by atoms with E-state index in [4.69, 9.17) is 19.2 Å². The molecule has 0 N–H and O–H groups in total. The fraction of sp³-hybridized carbons (Fsp3) is 0.524. The maximum absolute atomic E-state index is 5.50. The SMILES string of the molecule is Cc1cc(N2CCN(Cc3ccc4c(c3)OCO4)CC2)nc(N2CCOCC2)n1. The molecule has 0 unspecified atom stereocenters. The van der Waals surface area contributed by atoms with Crippen LogP contribution < -0.4 is 19.3 Å². The Morgan fingerprint density at radius 1 is 0.862 bits per heavy atom. The van der Waals surface area contributed by atoms with Gasteiger partial charge in [-0.15, -0.1) is 0 Å². The normalized spacial score (nSPS) is 19.6. The first kappa shape index (κ1) is 18.4. The van der Waals surface area contributed by atoms with E-state index in [9.17, 15) is 0 Å². The lowest BCUT2D eigenvalue weighted by Gasteiger charge is -2.36. The maximum Gasteiger partial charge on any atom is 0.231 e. The van der Waals surface area contributed by atoms with Gasteiger partial charge in [0.2, 0.25) is 12.7 Å². The predicted octanol–water partition coefficient (Wildman–Crippen LogP) is 1.67. The van der Waals surface area contributed by atoms with Crippen LogP contribution in [0.5, 0.6) is 11.5 Å². The van der Waals surface area contributed by atoms with E-state index < -0.39 is 0 Å². The average Bonchev–Trinajstić information content (AvgIpc) is 3.22. The third kappa shape index (κ3) is 4.09. The lowest BCUT2D eigenvalue weighted by molar-refractivity contribution is 0.122. The van der Waals surface area contributed by atoms with Gasteiger partial charge in [-0.2, -0.15) is 4.98 Å². The number of aryl methyl sites for hydroxylation is 1. The summed E-state index contributed by atoms with van der Waals surface area (Å²) in [6.45, 7) is 10.4. The van der Waals surface area contributed by atoms with Gasteiger partial charge in [0.1, 0.15) is 5.82 Å². The molecule has 0 bridgehead atoms. The highest BCUT2D eigenvalue weighted by atomic mass is 16.7. The zero-order valence-corrected chi connectivity index (χ0v) is 16.8. The molecule has 1 aromatic carbocycles. The summed E-state index contributed by atoms with van der Waals surface area (Å²) in [6, 6.07) is 8.32. The Bertz CT molecular complexity index is 863. The van der Waals surface area contributed by atoms with Crippen LogP contribution in [0.15, 0.2) is 24.3 Å². The minimum absolute atomic E-state index is 0.322. The monoisotopic (exact) mass is 397 g/mol. The molecular weight excluding hydrogens is 370 g/mol. The molecule has 0 atom stereocenters. The van der Waals surface area contributed by atoms with Crippen LogP contribution in [-0.2, 0) is 11.3 Å². The third-order valence-electron chi connectivity index (χ3n) is 5.66. The van der Waals surface area contributed by atoms with E-state index in [1.165, 1.54) is 5.56 Å². The molecule has 2 aromatic rings. The van der Waals surface area contributed by atoms with Gasteiger partial charge in [-0.25, -0.2) is 4.98 Å².